The average Bonchev–Trinajstić information content (AvgIpc) is 2.34. The van der Waals surface area contributed by atoms with Crippen molar-refractivity contribution in [3.63, 3.8) is 0 Å². The van der Waals surface area contributed by atoms with Crippen LogP contribution in [0.15, 0.2) is 0 Å². The van der Waals surface area contributed by atoms with Crippen LogP contribution in [0.2, 0.25) is 0 Å². The van der Waals surface area contributed by atoms with Crippen LogP contribution < -0.4 is 5.73 Å². The Morgan fingerprint density at radius 2 is 2.50 bits per heavy atom. The third-order valence-electron chi connectivity index (χ3n) is 1.99. The van der Waals surface area contributed by atoms with E-state index >= 15 is 0 Å². The second-order valence-corrected chi connectivity index (χ2v) is 2.64. The largest absolute Gasteiger partial charge is 0.369 e. The van der Waals surface area contributed by atoms with Crippen LogP contribution in [0.5, 0.6) is 0 Å². The molecule has 0 aromatic heterocycles. The number of nitrogens with zero attached hydrogens (tertiary/aromatic N) is 1. The van der Waals surface area contributed by atoms with E-state index in [0.717, 1.165) is 19.5 Å². The molecule has 56 valence electrons. The Kier molecular flexibility index (Phi) is 2.04. The first-order valence-electron chi connectivity index (χ1n) is 3.57. The Morgan fingerprint density at radius 3 is 2.80 bits per heavy atom. The molecule has 1 amide bonds. The summed E-state index contributed by atoms with van der Waals surface area (Å²) in [6, 6.07) is 0. The van der Waals surface area contributed by atoms with Crippen molar-refractivity contribution < 1.29 is 9.37 Å². The molecule has 3 heteroatoms. The Balaban J connectivity index is 2.51. The van der Waals surface area contributed by atoms with Crippen molar-refractivity contribution in [3.8, 4) is 0 Å². The summed E-state index contributed by atoms with van der Waals surface area (Å²) in [6.07, 6.45) is 2.92. The van der Waals surface area contributed by atoms with E-state index in [1.54, 1.807) is 0 Å². The van der Waals surface area contributed by atoms with Crippen LogP contribution in [0.1, 0.15) is 13.3 Å². The van der Waals surface area contributed by atoms with Crippen LogP contribution in [-0.2, 0) is 4.79 Å². The lowest BCUT2D eigenvalue weighted by molar-refractivity contribution is -0.503. The summed E-state index contributed by atoms with van der Waals surface area (Å²) in [6.45, 7) is 3.76. The lowest BCUT2D eigenvalue weighted by Gasteiger charge is -1.94. The van der Waals surface area contributed by atoms with E-state index in [1.165, 1.54) is 0 Å². The van der Waals surface area contributed by atoms with Gasteiger partial charge in [-0.3, -0.25) is 4.79 Å². The van der Waals surface area contributed by atoms with Gasteiger partial charge >= 0.3 is 0 Å². The molecule has 3 nitrogen and oxygen atoms in total. The predicted octanol–water partition coefficient (Wildman–Crippen LogP) is -0.405. The van der Waals surface area contributed by atoms with Gasteiger partial charge in [-0.25, -0.2) is 4.58 Å². The molecule has 0 saturated carbocycles. The van der Waals surface area contributed by atoms with Crippen molar-refractivity contribution in [1.29, 1.82) is 0 Å². The molecule has 0 aromatic carbocycles. The van der Waals surface area contributed by atoms with Crippen molar-refractivity contribution >= 4 is 12.1 Å². The summed E-state index contributed by atoms with van der Waals surface area (Å²) in [5, 5.41) is 0. The smallest absolute Gasteiger partial charge is 0.227 e. The highest BCUT2D eigenvalue weighted by Crippen LogP contribution is 2.10. The van der Waals surface area contributed by atoms with Gasteiger partial charge in [0.25, 0.3) is 0 Å². The number of hydrogen-bond donors (Lipinski definition) is 1. The molecular formula is C7H13N2O+. The summed E-state index contributed by atoms with van der Waals surface area (Å²) < 4.78 is 2.12. The molecule has 10 heavy (non-hydrogen) atoms. The zero-order chi connectivity index (χ0) is 7.56. The fourth-order valence-electron chi connectivity index (χ4n) is 1.25. The fourth-order valence-corrected chi connectivity index (χ4v) is 1.25. The van der Waals surface area contributed by atoms with Crippen LogP contribution in [0.3, 0.4) is 0 Å². The van der Waals surface area contributed by atoms with Crippen molar-refractivity contribution in [2.45, 2.75) is 13.3 Å². The lowest BCUT2D eigenvalue weighted by Crippen LogP contribution is -2.24. The third-order valence-corrected chi connectivity index (χ3v) is 1.99. The summed E-state index contributed by atoms with van der Waals surface area (Å²) in [7, 11) is 0. The van der Waals surface area contributed by atoms with Crippen LogP contribution in [0.25, 0.3) is 0 Å². The molecular weight excluding hydrogens is 128 g/mol. The van der Waals surface area contributed by atoms with Gasteiger partial charge < -0.3 is 5.73 Å². The zero-order valence-corrected chi connectivity index (χ0v) is 6.21. The van der Waals surface area contributed by atoms with E-state index in [1.807, 2.05) is 13.1 Å². The van der Waals surface area contributed by atoms with E-state index in [9.17, 15) is 4.79 Å². The first kappa shape index (κ1) is 7.25. The molecule has 0 aromatic rings. The van der Waals surface area contributed by atoms with E-state index < -0.39 is 0 Å². The molecule has 2 N–H and O–H groups in total. The maximum atomic E-state index is 10.6. The van der Waals surface area contributed by atoms with Gasteiger partial charge in [-0.1, -0.05) is 0 Å². The van der Waals surface area contributed by atoms with Crippen molar-refractivity contribution in [1.82, 2.24) is 0 Å². The van der Waals surface area contributed by atoms with Crippen LogP contribution in [-0.4, -0.2) is 29.8 Å². The Labute approximate surface area is 60.5 Å². The highest BCUT2D eigenvalue weighted by Gasteiger charge is 2.28. The third kappa shape index (κ3) is 1.35. The van der Waals surface area contributed by atoms with E-state index in [2.05, 4.69) is 4.58 Å². The molecule has 1 saturated heterocycles. The second kappa shape index (κ2) is 2.82. The SMILES string of the molecule is CC=[N+]1CCC(C(N)=O)C1. The van der Waals surface area contributed by atoms with Crippen LogP contribution in [0, 0.1) is 5.92 Å². The topological polar surface area (TPSA) is 46.1 Å². The number of carbonyl (C=O) groups is 1. The minimum atomic E-state index is -0.163. The summed E-state index contributed by atoms with van der Waals surface area (Å²) in [5.41, 5.74) is 5.14. The van der Waals surface area contributed by atoms with Gasteiger partial charge in [0.1, 0.15) is 18.7 Å². The van der Waals surface area contributed by atoms with Gasteiger partial charge in [0.2, 0.25) is 5.91 Å². The predicted molar refractivity (Wildman–Crippen MR) is 39.0 cm³/mol. The quantitative estimate of drug-likeness (QED) is 0.496. The zero-order valence-electron chi connectivity index (χ0n) is 6.21. The van der Waals surface area contributed by atoms with Gasteiger partial charge in [0, 0.05) is 13.3 Å². The molecule has 1 aliphatic heterocycles. The minimum Gasteiger partial charge on any atom is -0.369 e. The van der Waals surface area contributed by atoms with Gasteiger partial charge in [-0.15, -0.1) is 0 Å². The van der Waals surface area contributed by atoms with E-state index in [0.29, 0.717) is 0 Å². The molecule has 1 atom stereocenters. The second-order valence-electron chi connectivity index (χ2n) is 2.64. The molecule has 0 aliphatic carbocycles. The van der Waals surface area contributed by atoms with Gasteiger partial charge in [0.15, 0.2) is 6.54 Å². The summed E-state index contributed by atoms with van der Waals surface area (Å²) >= 11 is 0. The Morgan fingerprint density at radius 1 is 1.80 bits per heavy atom. The molecule has 0 bridgehead atoms. The Hall–Kier alpha value is -0.860. The standard InChI is InChI=1S/C7H12N2O/c1-2-9-4-3-6(5-9)7(8)10/h2,6H,3-5H2,1H3,(H-,8,10)/p+1. The highest BCUT2D eigenvalue weighted by molar-refractivity contribution is 5.77. The summed E-state index contributed by atoms with van der Waals surface area (Å²) in [5.74, 6) is -0.0828. The monoisotopic (exact) mass is 141 g/mol. The summed E-state index contributed by atoms with van der Waals surface area (Å²) in [4.78, 5) is 10.6. The molecule has 1 rings (SSSR count). The molecule has 0 spiro atoms. The fraction of sp³-hybridized carbons (Fsp3) is 0.714. The average molecular weight is 141 g/mol. The number of carbonyl (C=O) groups excluding carboxylic acids is 1. The van der Waals surface area contributed by atoms with Gasteiger partial charge in [0.05, 0.1) is 0 Å². The molecule has 1 fully saturated rings. The van der Waals surface area contributed by atoms with E-state index in [-0.39, 0.29) is 11.8 Å². The maximum absolute atomic E-state index is 10.6. The maximum Gasteiger partial charge on any atom is 0.227 e. The van der Waals surface area contributed by atoms with Crippen molar-refractivity contribution in [2.75, 3.05) is 13.1 Å². The first-order chi connectivity index (χ1) is 4.74. The number of primary amides is 1. The molecule has 0 radical (unpaired) electrons. The van der Waals surface area contributed by atoms with E-state index in [4.69, 9.17) is 5.73 Å². The minimum absolute atomic E-state index is 0.0798. The van der Waals surface area contributed by atoms with Crippen molar-refractivity contribution in [2.24, 2.45) is 11.7 Å². The number of hydrogen-bond acceptors (Lipinski definition) is 1. The molecule has 1 heterocycles. The highest BCUT2D eigenvalue weighted by atomic mass is 16.1. The number of rotatable bonds is 1. The van der Waals surface area contributed by atoms with Crippen LogP contribution in [0.4, 0.5) is 0 Å². The van der Waals surface area contributed by atoms with Crippen LogP contribution >= 0.6 is 0 Å². The molecule has 1 aliphatic rings. The lowest BCUT2D eigenvalue weighted by atomic mass is 10.1. The van der Waals surface area contributed by atoms with Gasteiger partial charge in [-0.05, 0) is 0 Å². The number of nitrogens with two attached hydrogens (primary N) is 1. The molecule has 1 unspecified atom stereocenters. The number of amides is 1. The normalized spacial score (nSPS) is 29.3. The first-order valence-corrected chi connectivity index (χ1v) is 3.57. The van der Waals surface area contributed by atoms with Crippen molar-refractivity contribution in [3.05, 3.63) is 0 Å². The van der Waals surface area contributed by atoms with Gasteiger partial charge in [-0.2, -0.15) is 0 Å². The Bertz CT molecular complexity index is 174.